The molecular weight excluding hydrogens is 332 g/mol. The van der Waals surface area contributed by atoms with Crippen molar-refractivity contribution in [2.75, 3.05) is 26.1 Å². The first-order valence-corrected chi connectivity index (χ1v) is 7.94. The molecule has 1 heterocycles. The number of carbonyl (C=O) groups is 1. The van der Waals surface area contributed by atoms with E-state index in [1.807, 2.05) is 24.3 Å². The molecule has 0 fully saturated rings. The van der Waals surface area contributed by atoms with E-state index >= 15 is 0 Å². The van der Waals surface area contributed by atoms with Crippen molar-refractivity contribution in [1.29, 1.82) is 5.26 Å². The van der Waals surface area contributed by atoms with Crippen molar-refractivity contribution >= 4 is 11.6 Å². The number of methoxy groups -OCH3 is 2. The Morgan fingerprint density at radius 2 is 2.08 bits per heavy atom. The fourth-order valence-corrected chi connectivity index (χ4v) is 2.20. The highest BCUT2D eigenvalue weighted by molar-refractivity contribution is 5.97. The molecule has 0 atom stereocenters. The van der Waals surface area contributed by atoms with E-state index in [1.54, 1.807) is 38.7 Å². The molecule has 2 aromatic rings. The van der Waals surface area contributed by atoms with Crippen LogP contribution in [0.3, 0.4) is 0 Å². The number of amides is 1. The molecule has 7 heteroatoms. The average Bonchev–Trinajstić information content (AvgIpc) is 2.69. The van der Waals surface area contributed by atoms with Gasteiger partial charge in [0.2, 0.25) is 0 Å². The molecule has 0 spiro atoms. The second-order valence-corrected chi connectivity index (χ2v) is 5.25. The standard InChI is InChI=1S/C19H20N4O3/c1-25-17-6-5-14(10-18(17)26-2)7-9-22-19(24)15(11-20)12-23-16-4-3-8-21-13-16/h3-6,8,10,12-13,23H,7,9H2,1-2H3,(H,22,24)/b15-12-. The number of ether oxygens (including phenoxy) is 2. The topological polar surface area (TPSA) is 96.3 Å². The third kappa shape index (κ3) is 5.24. The van der Waals surface area contributed by atoms with Gasteiger partial charge in [-0.2, -0.15) is 5.26 Å². The second-order valence-electron chi connectivity index (χ2n) is 5.25. The quantitative estimate of drug-likeness (QED) is 0.559. The zero-order chi connectivity index (χ0) is 18.8. The van der Waals surface area contributed by atoms with Crippen molar-refractivity contribution < 1.29 is 14.3 Å². The third-order valence-electron chi connectivity index (χ3n) is 3.56. The summed E-state index contributed by atoms with van der Waals surface area (Å²) < 4.78 is 10.4. The van der Waals surface area contributed by atoms with Gasteiger partial charge in [-0.15, -0.1) is 0 Å². The van der Waals surface area contributed by atoms with Crippen molar-refractivity contribution in [2.24, 2.45) is 0 Å². The van der Waals surface area contributed by atoms with Gasteiger partial charge in [-0.3, -0.25) is 9.78 Å². The van der Waals surface area contributed by atoms with Crippen LogP contribution >= 0.6 is 0 Å². The van der Waals surface area contributed by atoms with Crippen molar-refractivity contribution in [2.45, 2.75) is 6.42 Å². The van der Waals surface area contributed by atoms with Gasteiger partial charge >= 0.3 is 0 Å². The van der Waals surface area contributed by atoms with Gasteiger partial charge in [-0.1, -0.05) is 6.07 Å². The first kappa shape index (κ1) is 18.8. The number of hydrogen-bond donors (Lipinski definition) is 2. The molecule has 0 radical (unpaired) electrons. The molecule has 0 aliphatic rings. The van der Waals surface area contributed by atoms with Gasteiger partial charge in [0.1, 0.15) is 11.6 Å². The minimum atomic E-state index is -0.440. The zero-order valence-corrected chi connectivity index (χ0v) is 14.7. The van der Waals surface area contributed by atoms with Crippen LogP contribution in [0.2, 0.25) is 0 Å². The van der Waals surface area contributed by atoms with Gasteiger partial charge in [0.15, 0.2) is 11.5 Å². The summed E-state index contributed by atoms with van der Waals surface area (Å²) in [4.78, 5) is 16.1. The van der Waals surface area contributed by atoms with Crippen molar-refractivity contribution in [1.82, 2.24) is 10.3 Å². The maximum absolute atomic E-state index is 12.1. The highest BCUT2D eigenvalue weighted by Crippen LogP contribution is 2.27. The number of anilines is 1. The van der Waals surface area contributed by atoms with Crippen LogP contribution < -0.4 is 20.1 Å². The Balaban J connectivity index is 1.90. The zero-order valence-electron chi connectivity index (χ0n) is 14.7. The molecule has 26 heavy (non-hydrogen) atoms. The lowest BCUT2D eigenvalue weighted by molar-refractivity contribution is -0.117. The van der Waals surface area contributed by atoms with E-state index in [0.717, 1.165) is 5.56 Å². The Morgan fingerprint density at radius 3 is 2.73 bits per heavy atom. The number of hydrogen-bond acceptors (Lipinski definition) is 6. The van der Waals surface area contributed by atoms with E-state index < -0.39 is 5.91 Å². The predicted octanol–water partition coefficient (Wildman–Crippen LogP) is 2.28. The first-order valence-electron chi connectivity index (χ1n) is 7.94. The van der Waals surface area contributed by atoms with E-state index in [0.29, 0.717) is 30.2 Å². The summed E-state index contributed by atoms with van der Waals surface area (Å²) in [7, 11) is 3.15. The molecule has 2 rings (SSSR count). The van der Waals surface area contributed by atoms with Crippen LogP contribution in [0.5, 0.6) is 11.5 Å². The molecule has 0 aliphatic carbocycles. The molecule has 7 nitrogen and oxygen atoms in total. The Morgan fingerprint density at radius 1 is 1.27 bits per heavy atom. The largest absolute Gasteiger partial charge is 0.493 e. The molecule has 1 aromatic heterocycles. The second kappa shape index (κ2) is 9.69. The Bertz CT molecular complexity index is 813. The van der Waals surface area contributed by atoms with Gasteiger partial charge in [-0.25, -0.2) is 0 Å². The van der Waals surface area contributed by atoms with Crippen molar-refractivity contribution in [3.05, 3.63) is 60.1 Å². The Hall–Kier alpha value is -3.53. The lowest BCUT2D eigenvalue weighted by Crippen LogP contribution is -2.27. The van der Waals surface area contributed by atoms with Crippen LogP contribution in [0.1, 0.15) is 5.56 Å². The molecule has 0 saturated heterocycles. The smallest absolute Gasteiger partial charge is 0.263 e. The maximum Gasteiger partial charge on any atom is 0.263 e. The summed E-state index contributed by atoms with van der Waals surface area (Å²) in [6.07, 6.45) is 5.20. The molecule has 2 N–H and O–H groups in total. The number of rotatable bonds is 8. The molecular formula is C19H20N4O3. The number of carbonyl (C=O) groups excluding carboxylic acids is 1. The highest BCUT2D eigenvalue weighted by Gasteiger charge is 2.09. The first-order chi connectivity index (χ1) is 12.7. The summed E-state index contributed by atoms with van der Waals surface area (Å²) in [5.74, 6) is 0.843. The monoisotopic (exact) mass is 352 g/mol. The fraction of sp³-hybridized carbons (Fsp3) is 0.211. The van der Waals surface area contributed by atoms with Crippen LogP contribution in [-0.2, 0) is 11.2 Å². The van der Waals surface area contributed by atoms with Gasteiger partial charge < -0.3 is 20.1 Å². The Labute approximate surface area is 152 Å². The van der Waals surface area contributed by atoms with Crippen LogP contribution in [-0.4, -0.2) is 31.7 Å². The normalized spacial score (nSPS) is 10.6. The van der Waals surface area contributed by atoms with Crippen molar-refractivity contribution in [3.8, 4) is 17.6 Å². The van der Waals surface area contributed by atoms with Crippen LogP contribution in [0.4, 0.5) is 5.69 Å². The molecule has 1 aromatic carbocycles. The number of benzene rings is 1. The van der Waals surface area contributed by atoms with E-state index in [-0.39, 0.29) is 5.57 Å². The third-order valence-corrected chi connectivity index (χ3v) is 3.56. The SMILES string of the molecule is COc1ccc(CCNC(=O)/C(C#N)=C\Nc2cccnc2)cc1OC. The summed E-state index contributed by atoms with van der Waals surface area (Å²) >= 11 is 0. The highest BCUT2D eigenvalue weighted by atomic mass is 16.5. The van der Waals surface area contributed by atoms with Crippen molar-refractivity contribution in [3.63, 3.8) is 0 Å². The maximum atomic E-state index is 12.1. The summed E-state index contributed by atoms with van der Waals surface area (Å²) in [6, 6.07) is 11.0. The van der Waals surface area contributed by atoms with Crippen LogP contribution in [0.25, 0.3) is 0 Å². The molecule has 0 saturated carbocycles. The molecule has 0 aliphatic heterocycles. The number of nitriles is 1. The number of nitrogens with zero attached hydrogens (tertiary/aromatic N) is 2. The van der Waals surface area contributed by atoms with Crippen LogP contribution in [0, 0.1) is 11.3 Å². The molecule has 134 valence electrons. The molecule has 0 unspecified atom stereocenters. The lowest BCUT2D eigenvalue weighted by Gasteiger charge is -2.10. The number of pyridine rings is 1. The van der Waals surface area contributed by atoms with Gasteiger partial charge in [0.25, 0.3) is 5.91 Å². The minimum Gasteiger partial charge on any atom is -0.493 e. The van der Waals surface area contributed by atoms with E-state index in [1.165, 1.54) is 6.20 Å². The van der Waals surface area contributed by atoms with Crippen LogP contribution in [0.15, 0.2) is 54.5 Å². The Kier molecular flexibility index (Phi) is 7.01. The predicted molar refractivity (Wildman–Crippen MR) is 97.8 cm³/mol. The van der Waals surface area contributed by atoms with E-state index in [9.17, 15) is 4.79 Å². The van der Waals surface area contributed by atoms with Gasteiger partial charge in [-0.05, 0) is 36.2 Å². The molecule has 0 bridgehead atoms. The minimum absolute atomic E-state index is 0.0128. The lowest BCUT2D eigenvalue weighted by atomic mass is 10.1. The van der Waals surface area contributed by atoms with E-state index in [2.05, 4.69) is 15.6 Å². The number of nitrogens with one attached hydrogen (secondary N) is 2. The van der Waals surface area contributed by atoms with Gasteiger partial charge in [0, 0.05) is 18.9 Å². The summed E-state index contributed by atoms with van der Waals surface area (Å²) in [5.41, 5.74) is 1.67. The van der Waals surface area contributed by atoms with E-state index in [4.69, 9.17) is 14.7 Å². The summed E-state index contributed by atoms with van der Waals surface area (Å²) in [6.45, 7) is 0.389. The average molecular weight is 352 g/mol. The molecule has 1 amide bonds. The fourth-order valence-electron chi connectivity index (χ4n) is 2.20. The number of aromatic nitrogens is 1. The van der Waals surface area contributed by atoms with Gasteiger partial charge in [0.05, 0.1) is 26.1 Å². The summed E-state index contributed by atoms with van der Waals surface area (Å²) in [5, 5.41) is 14.8.